The fourth-order valence-corrected chi connectivity index (χ4v) is 7.38. The first-order chi connectivity index (χ1) is 18.8. The Bertz CT molecular complexity index is 1320. The fraction of sp³-hybridized carbons (Fsp3) is 0.593. The molecule has 40 heavy (non-hydrogen) atoms. The number of carbonyl (C=O) groups excluding carboxylic acids is 2. The minimum atomic E-state index is -4.91. The van der Waals surface area contributed by atoms with E-state index in [-0.39, 0.29) is 46.2 Å². The van der Waals surface area contributed by atoms with Crippen LogP contribution in [0.2, 0.25) is 10.0 Å². The Morgan fingerprint density at radius 2 is 1.77 bits per heavy atom. The Labute approximate surface area is 238 Å². The van der Waals surface area contributed by atoms with Gasteiger partial charge in [-0.15, -0.1) is 0 Å². The summed E-state index contributed by atoms with van der Waals surface area (Å²) in [6, 6.07) is -1.11. The van der Waals surface area contributed by atoms with Crippen molar-refractivity contribution >= 4 is 40.9 Å². The van der Waals surface area contributed by atoms with Crippen LogP contribution in [-0.4, -0.2) is 55.0 Å². The van der Waals surface area contributed by atoms with Crippen LogP contribution in [0, 0.1) is 17.3 Å². The van der Waals surface area contributed by atoms with E-state index in [4.69, 9.17) is 23.2 Å². The number of hydrogen-bond donors (Lipinski definition) is 1. The molecule has 1 spiro atoms. The number of Topliss-reactive ketones (excluding diaryl/α,β-unsaturated/α-hetero) is 1. The van der Waals surface area contributed by atoms with Crippen molar-refractivity contribution in [3.8, 4) is 0 Å². The first-order valence-electron chi connectivity index (χ1n) is 13.3. The van der Waals surface area contributed by atoms with Crippen LogP contribution in [0.5, 0.6) is 0 Å². The fourth-order valence-electron chi connectivity index (χ4n) is 6.81. The average Bonchev–Trinajstić information content (AvgIpc) is 3.27. The summed E-state index contributed by atoms with van der Waals surface area (Å²) < 4.78 is 44.5. The number of halogens is 5. The van der Waals surface area contributed by atoms with Crippen molar-refractivity contribution in [2.24, 2.45) is 17.3 Å². The Balaban J connectivity index is 1.50. The minimum absolute atomic E-state index is 0.00764. The predicted octanol–water partition coefficient (Wildman–Crippen LogP) is 6.32. The SMILES string of the molecule is C[C@@H]1C[C@@H](n2ncc(C(=O)N(CC(=O)c3c(Cl)cncc3Cl)[C@H]3CCC34CCC4)c2C(F)(F)F)CC[C@@H]1C(=O)O. The van der Waals surface area contributed by atoms with E-state index < -0.39 is 59.6 Å². The maximum absolute atomic E-state index is 14.5. The lowest BCUT2D eigenvalue weighted by Gasteiger charge is -2.59. The molecule has 3 fully saturated rings. The summed E-state index contributed by atoms with van der Waals surface area (Å²) in [7, 11) is 0. The smallest absolute Gasteiger partial charge is 0.433 e. The van der Waals surface area contributed by atoms with E-state index in [2.05, 4.69) is 10.1 Å². The molecule has 5 rings (SSSR count). The molecule has 0 saturated heterocycles. The second-order valence-corrected chi connectivity index (χ2v) is 12.2. The second-order valence-electron chi connectivity index (χ2n) is 11.3. The molecule has 216 valence electrons. The van der Waals surface area contributed by atoms with Gasteiger partial charge in [0.1, 0.15) is 0 Å². The molecular weight excluding hydrogens is 572 g/mol. The van der Waals surface area contributed by atoms with Crippen LogP contribution in [0.25, 0.3) is 0 Å². The van der Waals surface area contributed by atoms with Gasteiger partial charge >= 0.3 is 12.1 Å². The van der Waals surface area contributed by atoms with Gasteiger partial charge in [-0.2, -0.15) is 18.3 Å². The Hall–Kier alpha value is -2.66. The maximum atomic E-state index is 14.5. The Morgan fingerprint density at radius 3 is 2.27 bits per heavy atom. The second kappa shape index (κ2) is 10.6. The van der Waals surface area contributed by atoms with Gasteiger partial charge in [-0.3, -0.25) is 24.0 Å². The largest absolute Gasteiger partial charge is 0.481 e. The van der Waals surface area contributed by atoms with Crippen LogP contribution in [-0.2, 0) is 11.0 Å². The third-order valence-electron chi connectivity index (χ3n) is 9.15. The zero-order valence-electron chi connectivity index (χ0n) is 21.8. The number of aliphatic carboxylic acids is 1. The van der Waals surface area contributed by atoms with Crippen molar-refractivity contribution in [3.63, 3.8) is 0 Å². The highest BCUT2D eigenvalue weighted by atomic mass is 35.5. The molecule has 0 bridgehead atoms. The zero-order valence-corrected chi connectivity index (χ0v) is 23.3. The quantitative estimate of drug-likeness (QED) is 0.373. The van der Waals surface area contributed by atoms with E-state index in [1.165, 1.54) is 17.3 Å². The van der Waals surface area contributed by atoms with Gasteiger partial charge in [-0.25, -0.2) is 0 Å². The van der Waals surface area contributed by atoms with Crippen molar-refractivity contribution in [2.45, 2.75) is 76.6 Å². The number of rotatable bonds is 7. The molecule has 0 radical (unpaired) electrons. The van der Waals surface area contributed by atoms with Crippen LogP contribution >= 0.6 is 23.2 Å². The van der Waals surface area contributed by atoms with Crippen LogP contribution < -0.4 is 0 Å². The number of pyridine rings is 1. The van der Waals surface area contributed by atoms with Crippen molar-refractivity contribution in [1.29, 1.82) is 0 Å². The van der Waals surface area contributed by atoms with Gasteiger partial charge in [-0.05, 0) is 56.3 Å². The lowest BCUT2D eigenvalue weighted by Crippen LogP contribution is -2.61. The Morgan fingerprint density at radius 1 is 1.10 bits per heavy atom. The molecule has 3 saturated carbocycles. The van der Waals surface area contributed by atoms with Crippen LogP contribution in [0.1, 0.15) is 90.7 Å². The molecule has 1 amide bonds. The summed E-state index contributed by atoms with van der Waals surface area (Å²) >= 11 is 12.3. The van der Waals surface area contributed by atoms with E-state index in [1.54, 1.807) is 6.92 Å². The third kappa shape index (κ3) is 5.00. The van der Waals surface area contributed by atoms with Crippen molar-refractivity contribution in [3.05, 3.63) is 45.5 Å². The summed E-state index contributed by atoms with van der Waals surface area (Å²) in [5.41, 5.74) is -2.04. The number of carbonyl (C=O) groups is 3. The van der Waals surface area contributed by atoms with Gasteiger partial charge in [0.2, 0.25) is 0 Å². The molecule has 1 N–H and O–H groups in total. The normalized spacial score (nSPS) is 25.6. The summed E-state index contributed by atoms with van der Waals surface area (Å²) in [5, 5.41) is 13.4. The first-order valence-corrected chi connectivity index (χ1v) is 14.1. The molecule has 8 nitrogen and oxygen atoms in total. The third-order valence-corrected chi connectivity index (χ3v) is 9.73. The van der Waals surface area contributed by atoms with Crippen molar-refractivity contribution in [1.82, 2.24) is 19.7 Å². The van der Waals surface area contributed by atoms with Gasteiger partial charge in [0.25, 0.3) is 5.91 Å². The highest BCUT2D eigenvalue weighted by Gasteiger charge is 2.55. The number of carboxylic acids is 1. The zero-order chi connectivity index (χ0) is 29.0. The molecule has 2 aromatic heterocycles. The molecule has 13 heteroatoms. The van der Waals surface area contributed by atoms with Gasteiger partial charge < -0.3 is 10.0 Å². The average molecular weight is 601 g/mol. The molecule has 0 unspecified atom stereocenters. The summed E-state index contributed by atoms with van der Waals surface area (Å²) in [4.78, 5) is 43.9. The molecule has 4 atom stereocenters. The maximum Gasteiger partial charge on any atom is 0.433 e. The molecule has 3 aliphatic carbocycles. The molecule has 0 aliphatic heterocycles. The molecule has 2 aromatic rings. The molecule has 2 heterocycles. The molecule has 3 aliphatic rings. The monoisotopic (exact) mass is 600 g/mol. The van der Waals surface area contributed by atoms with E-state index in [0.29, 0.717) is 6.42 Å². The van der Waals surface area contributed by atoms with Gasteiger partial charge in [0.05, 0.1) is 45.9 Å². The number of ketones is 1. The van der Waals surface area contributed by atoms with Crippen LogP contribution in [0.4, 0.5) is 13.2 Å². The summed E-state index contributed by atoms with van der Waals surface area (Å²) in [5.74, 6) is -3.49. The molecule has 0 aromatic carbocycles. The summed E-state index contributed by atoms with van der Waals surface area (Å²) in [6.07, 6.45) is 3.12. The van der Waals surface area contributed by atoms with E-state index >= 15 is 0 Å². The van der Waals surface area contributed by atoms with Crippen molar-refractivity contribution < 1.29 is 32.7 Å². The van der Waals surface area contributed by atoms with Crippen LogP contribution in [0.15, 0.2) is 18.6 Å². The van der Waals surface area contributed by atoms with Gasteiger partial charge in [0, 0.05) is 18.4 Å². The minimum Gasteiger partial charge on any atom is -0.481 e. The number of carboxylic acid groups (broad SMARTS) is 1. The number of hydrogen-bond acceptors (Lipinski definition) is 5. The topological polar surface area (TPSA) is 105 Å². The predicted molar refractivity (Wildman–Crippen MR) is 139 cm³/mol. The summed E-state index contributed by atoms with van der Waals surface area (Å²) in [6.45, 7) is 1.21. The number of aromatic nitrogens is 3. The first kappa shape index (κ1) is 28.9. The van der Waals surface area contributed by atoms with E-state index in [1.807, 2.05) is 0 Å². The number of alkyl halides is 3. The molecular formula is C27H29Cl2F3N4O4. The lowest BCUT2D eigenvalue weighted by atomic mass is 9.52. The van der Waals surface area contributed by atoms with E-state index in [9.17, 15) is 32.7 Å². The number of nitrogens with zero attached hydrogens (tertiary/aromatic N) is 4. The number of amides is 1. The standard InChI is InChI=1S/C27H29Cl2F3N4O4/c1-14-9-15(3-4-16(14)25(39)40)36-23(27(30,31)32)17(10-34-36)24(38)35(21-5-8-26(21)6-2-7-26)13-20(37)22-18(28)11-33-12-19(22)29/h10-12,14-16,21H,2-9,13H2,1H3,(H,39,40)/t14-,15+,16+,21+/m1/s1. The highest BCUT2D eigenvalue weighted by Crippen LogP contribution is 2.58. The van der Waals surface area contributed by atoms with Crippen molar-refractivity contribution in [2.75, 3.05) is 6.54 Å². The van der Waals surface area contributed by atoms with Gasteiger partial charge in [0.15, 0.2) is 11.5 Å². The van der Waals surface area contributed by atoms with E-state index in [0.717, 1.165) is 36.6 Å². The Kier molecular flexibility index (Phi) is 7.67. The lowest BCUT2D eigenvalue weighted by molar-refractivity contribution is -0.149. The van der Waals surface area contributed by atoms with Gasteiger partial charge in [-0.1, -0.05) is 36.5 Å². The van der Waals surface area contributed by atoms with Crippen LogP contribution in [0.3, 0.4) is 0 Å². The highest BCUT2D eigenvalue weighted by molar-refractivity contribution is 6.39.